The van der Waals surface area contributed by atoms with E-state index in [0.29, 0.717) is 25.8 Å². The lowest BCUT2D eigenvalue weighted by Gasteiger charge is -2.27. The lowest BCUT2D eigenvalue weighted by Crippen LogP contribution is -2.56. The number of hydrogen-bond donors (Lipinski definition) is 7. The zero-order valence-electron chi connectivity index (χ0n) is 20.1. The Bertz CT molecular complexity index is 718. The van der Waals surface area contributed by atoms with Crippen LogP contribution in [-0.2, 0) is 14.4 Å². The first kappa shape index (κ1) is 29.6. The standard InChI is InChI=1S/C20H39N9O4/c1-11(2)9-15(26-13(5)30)17(31)28-16(12(3)4)18(32)27-14(10-25-29-20(23)33)7-6-8-24-19(21)22/h10-12,14-16H,6-9H2,1-5H3,(H,26,30)(H,27,32)(H,28,31)(H4,21,22,24)(H3,23,29,33)/b25-10+/t14-,15-,16-/m0/s1/i10+1. The Morgan fingerprint density at radius 3 is 2.06 bits per heavy atom. The van der Waals surface area contributed by atoms with Gasteiger partial charge in [0.15, 0.2) is 5.96 Å². The largest absolute Gasteiger partial charge is 0.370 e. The van der Waals surface area contributed by atoms with Crippen LogP contribution in [-0.4, -0.2) is 60.6 Å². The topological polar surface area (TPSA) is 219 Å². The van der Waals surface area contributed by atoms with Crippen molar-refractivity contribution in [2.75, 3.05) is 6.54 Å². The molecule has 0 aromatic rings. The van der Waals surface area contributed by atoms with Crippen LogP contribution in [0.4, 0.5) is 4.79 Å². The van der Waals surface area contributed by atoms with Gasteiger partial charge < -0.3 is 33.2 Å². The SMILES string of the molecule is CC(=O)N[C@@H](CC(C)C)C(=O)N[C@H](C(=O)N[C@@H](CCCN=C(N)N)/[13CH]=N/NC(N)=O)C(C)C. The summed E-state index contributed by atoms with van der Waals surface area (Å²) in [5, 5.41) is 11.9. The van der Waals surface area contributed by atoms with Crippen LogP contribution in [0.1, 0.15) is 53.9 Å². The van der Waals surface area contributed by atoms with Crippen LogP contribution in [0, 0.1) is 11.8 Å². The van der Waals surface area contributed by atoms with Crippen LogP contribution in [0.3, 0.4) is 0 Å². The number of urea groups is 1. The summed E-state index contributed by atoms with van der Waals surface area (Å²) in [7, 11) is 0. The summed E-state index contributed by atoms with van der Waals surface area (Å²) in [6, 6.07) is -3.05. The van der Waals surface area contributed by atoms with Crippen molar-refractivity contribution in [3.05, 3.63) is 0 Å². The van der Waals surface area contributed by atoms with Gasteiger partial charge in [-0.05, 0) is 31.1 Å². The molecule has 5 amide bonds. The van der Waals surface area contributed by atoms with Crippen molar-refractivity contribution in [1.29, 1.82) is 0 Å². The van der Waals surface area contributed by atoms with E-state index in [1.165, 1.54) is 13.1 Å². The van der Waals surface area contributed by atoms with E-state index in [2.05, 4.69) is 31.5 Å². The minimum Gasteiger partial charge on any atom is -0.370 e. The molecule has 0 bridgehead atoms. The maximum Gasteiger partial charge on any atom is 0.332 e. The molecule has 0 fully saturated rings. The molecule has 0 aliphatic rings. The minimum absolute atomic E-state index is 0.0441. The number of nitrogens with one attached hydrogen (secondary N) is 4. The van der Waals surface area contributed by atoms with E-state index in [1.54, 1.807) is 13.8 Å². The van der Waals surface area contributed by atoms with Gasteiger partial charge in [0.25, 0.3) is 0 Å². The maximum atomic E-state index is 13.0. The molecule has 10 N–H and O–H groups in total. The Morgan fingerprint density at radius 2 is 1.58 bits per heavy atom. The number of carbonyl (C=O) groups excluding carboxylic acids is 4. The molecule has 0 heterocycles. The van der Waals surface area contributed by atoms with E-state index in [1.807, 2.05) is 13.8 Å². The summed E-state index contributed by atoms with van der Waals surface area (Å²) in [6.45, 7) is 9.11. The first-order valence-electron chi connectivity index (χ1n) is 10.8. The van der Waals surface area contributed by atoms with Gasteiger partial charge in [-0.3, -0.25) is 19.4 Å². The van der Waals surface area contributed by atoms with E-state index >= 15 is 0 Å². The molecular formula is C20H39N9O4. The van der Waals surface area contributed by atoms with Crippen molar-refractivity contribution >= 4 is 35.9 Å². The lowest BCUT2D eigenvalue weighted by molar-refractivity contribution is -0.132. The third-order valence-corrected chi connectivity index (χ3v) is 4.37. The molecule has 33 heavy (non-hydrogen) atoms. The average molecular weight is 471 g/mol. The number of carbonyl (C=O) groups is 4. The van der Waals surface area contributed by atoms with Gasteiger partial charge >= 0.3 is 6.03 Å². The molecule has 0 saturated carbocycles. The molecule has 0 rings (SSSR count). The Kier molecular flexibility index (Phi) is 13.8. The normalized spacial score (nSPS) is 13.8. The lowest BCUT2D eigenvalue weighted by atomic mass is 9.99. The summed E-state index contributed by atoms with van der Waals surface area (Å²) >= 11 is 0. The summed E-state index contributed by atoms with van der Waals surface area (Å²) < 4.78 is 0. The van der Waals surface area contributed by atoms with E-state index in [-0.39, 0.29) is 23.7 Å². The Morgan fingerprint density at radius 1 is 0.939 bits per heavy atom. The van der Waals surface area contributed by atoms with Gasteiger partial charge in [0.1, 0.15) is 12.1 Å². The van der Waals surface area contributed by atoms with Gasteiger partial charge in [-0.2, -0.15) is 5.10 Å². The van der Waals surface area contributed by atoms with E-state index < -0.39 is 36.0 Å². The Labute approximate surface area is 194 Å². The van der Waals surface area contributed by atoms with Crippen molar-refractivity contribution in [3.63, 3.8) is 0 Å². The van der Waals surface area contributed by atoms with Crippen LogP contribution in [0.5, 0.6) is 0 Å². The van der Waals surface area contributed by atoms with E-state index in [4.69, 9.17) is 17.2 Å². The highest BCUT2D eigenvalue weighted by Gasteiger charge is 2.29. The Hall–Kier alpha value is -3.38. The van der Waals surface area contributed by atoms with Crippen molar-refractivity contribution < 1.29 is 19.2 Å². The van der Waals surface area contributed by atoms with Crippen LogP contribution in [0.2, 0.25) is 0 Å². The molecule has 0 aliphatic heterocycles. The molecule has 13 nitrogen and oxygen atoms in total. The molecule has 3 atom stereocenters. The smallest absolute Gasteiger partial charge is 0.332 e. The fourth-order valence-corrected chi connectivity index (χ4v) is 2.90. The number of nitrogens with zero attached hydrogens (tertiary/aromatic N) is 2. The van der Waals surface area contributed by atoms with Crippen LogP contribution in [0.25, 0.3) is 0 Å². The first-order chi connectivity index (χ1) is 15.3. The number of aliphatic imine (C=N–C) groups is 1. The number of hydrogen-bond acceptors (Lipinski definition) is 6. The van der Waals surface area contributed by atoms with Crippen molar-refractivity contribution in [1.82, 2.24) is 21.4 Å². The molecule has 188 valence electrons. The van der Waals surface area contributed by atoms with Crippen molar-refractivity contribution in [3.8, 4) is 0 Å². The number of amides is 5. The first-order valence-corrected chi connectivity index (χ1v) is 10.8. The molecule has 0 unspecified atom stereocenters. The van der Waals surface area contributed by atoms with Crippen molar-refractivity contribution in [2.24, 2.45) is 39.1 Å². The van der Waals surface area contributed by atoms with E-state index in [0.717, 1.165) is 0 Å². The minimum atomic E-state index is -0.862. The summed E-state index contributed by atoms with van der Waals surface area (Å²) in [5.41, 5.74) is 17.7. The van der Waals surface area contributed by atoms with Gasteiger partial charge in [-0.1, -0.05) is 27.7 Å². The number of guanidine groups is 1. The number of rotatable bonds is 14. The molecule has 0 saturated heterocycles. The van der Waals surface area contributed by atoms with Gasteiger partial charge in [0, 0.05) is 19.7 Å². The molecule has 0 aromatic carbocycles. The fourth-order valence-electron chi connectivity index (χ4n) is 2.90. The van der Waals surface area contributed by atoms with Crippen LogP contribution < -0.4 is 38.6 Å². The monoisotopic (exact) mass is 470 g/mol. The molecule has 0 aliphatic carbocycles. The second kappa shape index (κ2) is 15.4. The van der Waals surface area contributed by atoms with Gasteiger partial charge in [0.2, 0.25) is 17.7 Å². The zero-order valence-corrected chi connectivity index (χ0v) is 20.1. The highest BCUT2D eigenvalue weighted by atomic mass is 16.2. The molecule has 0 spiro atoms. The third kappa shape index (κ3) is 14.3. The van der Waals surface area contributed by atoms with Crippen molar-refractivity contribution in [2.45, 2.75) is 72.0 Å². The third-order valence-electron chi connectivity index (χ3n) is 4.37. The summed E-state index contributed by atoms with van der Waals surface area (Å²) in [5.74, 6) is -1.35. The second-order valence-corrected chi connectivity index (χ2v) is 8.43. The van der Waals surface area contributed by atoms with Gasteiger partial charge in [-0.15, -0.1) is 0 Å². The van der Waals surface area contributed by atoms with Crippen LogP contribution in [0.15, 0.2) is 10.1 Å². The molecule has 0 radical (unpaired) electrons. The Balaban J connectivity index is 5.36. The zero-order chi connectivity index (χ0) is 25.6. The second-order valence-electron chi connectivity index (χ2n) is 8.43. The maximum absolute atomic E-state index is 13.0. The van der Waals surface area contributed by atoms with Gasteiger partial charge in [-0.25, -0.2) is 10.2 Å². The number of hydrazone groups is 1. The molecule has 13 heteroatoms. The molecular weight excluding hydrogens is 431 g/mol. The molecule has 0 aromatic heterocycles. The van der Waals surface area contributed by atoms with Gasteiger partial charge in [0.05, 0.1) is 6.04 Å². The summed E-state index contributed by atoms with van der Waals surface area (Å²) in [6.07, 6.45) is 2.68. The highest BCUT2D eigenvalue weighted by molar-refractivity contribution is 5.92. The quantitative estimate of drug-likeness (QED) is 0.0547. The fraction of sp³-hybridized carbons (Fsp3) is 0.700. The summed E-state index contributed by atoms with van der Waals surface area (Å²) in [4.78, 5) is 52.0. The number of primary amides is 1. The number of nitrogens with two attached hydrogens (primary N) is 3. The predicted molar refractivity (Wildman–Crippen MR) is 127 cm³/mol. The van der Waals surface area contributed by atoms with Crippen LogP contribution >= 0.6 is 0 Å². The average Bonchev–Trinajstić information content (AvgIpc) is 2.66. The predicted octanol–water partition coefficient (Wildman–Crippen LogP) is -1.13. The van der Waals surface area contributed by atoms with E-state index in [9.17, 15) is 19.2 Å². The highest BCUT2D eigenvalue weighted by Crippen LogP contribution is 2.09.